The van der Waals surface area contributed by atoms with Crippen LogP contribution >= 0.6 is 12.4 Å². The van der Waals surface area contributed by atoms with Gasteiger partial charge in [-0.25, -0.2) is 0 Å². The third kappa shape index (κ3) is 6.04. The molecule has 112 valence electrons. The van der Waals surface area contributed by atoms with Crippen molar-refractivity contribution in [1.82, 2.24) is 10.6 Å². The third-order valence-corrected chi connectivity index (χ3v) is 2.63. The van der Waals surface area contributed by atoms with E-state index in [-0.39, 0.29) is 43.4 Å². The minimum Gasteiger partial charge on any atom is -0.352 e. The van der Waals surface area contributed by atoms with Crippen LogP contribution in [0.5, 0.6) is 0 Å². The fraction of sp³-hybridized carbons (Fsp3) is 0.429. The van der Waals surface area contributed by atoms with Crippen molar-refractivity contribution in [2.24, 2.45) is 5.73 Å². The van der Waals surface area contributed by atoms with Crippen molar-refractivity contribution >= 4 is 24.2 Å². The molecule has 20 heavy (non-hydrogen) atoms. The van der Waals surface area contributed by atoms with Crippen LogP contribution in [0.4, 0.5) is 0 Å². The second kappa shape index (κ2) is 9.34. The number of rotatable bonds is 6. The smallest absolute Gasteiger partial charge is 0.239 e. The molecule has 0 radical (unpaired) electrons. The molecule has 1 atom stereocenters. The predicted octanol–water partition coefficient (Wildman–Crippen LogP) is 0.792. The van der Waals surface area contributed by atoms with Crippen LogP contribution in [-0.4, -0.2) is 30.9 Å². The van der Waals surface area contributed by atoms with Crippen LogP contribution < -0.4 is 16.4 Å². The normalized spacial score (nSPS) is 11.4. The number of nitrogens with one attached hydrogen (secondary N) is 2. The Bertz CT molecular complexity index is 424. The summed E-state index contributed by atoms with van der Waals surface area (Å²) in [7, 11) is 0. The molecule has 0 spiro atoms. The molecule has 6 heteroatoms. The maximum absolute atomic E-state index is 12.0. The van der Waals surface area contributed by atoms with Crippen molar-refractivity contribution in [3.05, 3.63) is 35.9 Å². The van der Waals surface area contributed by atoms with Crippen LogP contribution in [0.3, 0.4) is 0 Å². The van der Waals surface area contributed by atoms with Crippen LogP contribution in [0.1, 0.15) is 25.3 Å². The Morgan fingerprint density at radius 1 is 1.20 bits per heavy atom. The third-order valence-electron chi connectivity index (χ3n) is 2.63. The molecule has 5 nitrogen and oxygen atoms in total. The van der Waals surface area contributed by atoms with Crippen LogP contribution in [0.15, 0.2) is 30.3 Å². The summed E-state index contributed by atoms with van der Waals surface area (Å²) in [4.78, 5) is 23.4. The lowest BCUT2D eigenvalue weighted by Gasteiger charge is -2.15. The minimum absolute atomic E-state index is 0. The van der Waals surface area contributed by atoms with Gasteiger partial charge in [0.2, 0.25) is 11.8 Å². The van der Waals surface area contributed by atoms with Crippen molar-refractivity contribution in [2.45, 2.75) is 25.8 Å². The number of halogens is 1. The molecular weight excluding hydrogens is 278 g/mol. The Morgan fingerprint density at radius 2 is 1.80 bits per heavy atom. The average molecular weight is 300 g/mol. The van der Waals surface area contributed by atoms with Gasteiger partial charge in [0.05, 0.1) is 12.5 Å². The highest BCUT2D eigenvalue weighted by molar-refractivity contribution is 5.88. The molecular formula is C14H22ClN3O2. The molecule has 1 unspecified atom stereocenters. The summed E-state index contributed by atoms with van der Waals surface area (Å²) in [5, 5.41) is 5.32. The zero-order chi connectivity index (χ0) is 14.3. The first-order valence-electron chi connectivity index (χ1n) is 6.36. The molecule has 0 heterocycles. The van der Waals surface area contributed by atoms with Gasteiger partial charge < -0.3 is 16.4 Å². The lowest BCUT2D eigenvalue weighted by molar-refractivity contribution is -0.127. The summed E-state index contributed by atoms with van der Waals surface area (Å²) < 4.78 is 0. The monoisotopic (exact) mass is 299 g/mol. The fourth-order valence-corrected chi connectivity index (χ4v) is 1.74. The van der Waals surface area contributed by atoms with Crippen molar-refractivity contribution in [3.8, 4) is 0 Å². The van der Waals surface area contributed by atoms with Crippen LogP contribution in [0.2, 0.25) is 0 Å². The highest BCUT2D eigenvalue weighted by Crippen LogP contribution is 2.13. The van der Waals surface area contributed by atoms with E-state index in [0.717, 1.165) is 5.56 Å². The van der Waals surface area contributed by atoms with E-state index in [9.17, 15) is 9.59 Å². The molecule has 0 aromatic heterocycles. The van der Waals surface area contributed by atoms with E-state index >= 15 is 0 Å². The summed E-state index contributed by atoms with van der Waals surface area (Å²) >= 11 is 0. The predicted molar refractivity (Wildman–Crippen MR) is 81.8 cm³/mol. The highest BCUT2D eigenvalue weighted by Gasteiger charge is 2.19. The van der Waals surface area contributed by atoms with Gasteiger partial charge in [0.1, 0.15) is 0 Å². The van der Waals surface area contributed by atoms with Crippen LogP contribution in [0.25, 0.3) is 0 Å². The van der Waals surface area contributed by atoms with Crippen molar-refractivity contribution in [3.63, 3.8) is 0 Å². The van der Waals surface area contributed by atoms with Crippen LogP contribution in [0, 0.1) is 0 Å². The van der Waals surface area contributed by atoms with E-state index in [1.54, 1.807) is 0 Å². The molecule has 2 amide bonds. The van der Waals surface area contributed by atoms with E-state index in [1.807, 2.05) is 44.2 Å². The van der Waals surface area contributed by atoms with Gasteiger partial charge in [0, 0.05) is 12.6 Å². The number of hydrogen-bond donors (Lipinski definition) is 3. The first-order valence-corrected chi connectivity index (χ1v) is 6.36. The maximum Gasteiger partial charge on any atom is 0.239 e. The van der Waals surface area contributed by atoms with Gasteiger partial charge in [-0.1, -0.05) is 30.3 Å². The Morgan fingerprint density at radius 3 is 2.30 bits per heavy atom. The summed E-state index contributed by atoms with van der Waals surface area (Å²) in [5.74, 6) is -0.854. The van der Waals surface area contributed by atoms with Crippen LogP contribution in [-0.2, 0) is 9.59 Å². The first-order chi connectivity index (χ1) is 9.04. The van der Waals surface area contributed by atoms with Crippen molar-refractivity contribution < 1.29 is 9.59 Å². The van der Waals surface area contributed by atoms with Crippen molar-refractivity contribution in [2.75, 3.05) is 13.1 Å². The molecule has 4 N–H and O–H groups in total. The van der Waals surface area contributed by atoms with Gasteiger partial charge in [0.15, 0.2) is 0 Å². The molecule has 1 aromatic carbocycles. The van der Waals surface area contributed by atoms with E-state index < -0.39 is 5.92 Å². The van der Waals surface area contributed by atoms with Gasteiger partial charge in [-0.05, 0) is 19.4 Å². The summed E-state index contributed by atoms with van der Waals surface area (Å²) in [5.41, 5.74) is 6.48. The zero-order valence-corrected chi connectivity index (χ0v) is 12.6. The number of carbonyl (C=O) groups excluding carboxylic acids is 2. The highest BCUT2D eigenvalue weighted by atomic mass is 35.5. The summed E-state index contributed by atoms with van der Waals surface area (Å²) in [6, 6.07) is 9.36. The number of benzene rings is 1. The molecule has 0 fully saturated rings. The molecule has 1 aromatic rings. The SMILES string of the molecule is CC(C)NC(=O)CNC(=O)C(CN)c1ccccc1.Cl. The molecule has 0 saturated heterocycles. The first kappa shape index (κ1) is 18.4. The molecule has 0 aliphatic heterocycles. The zero-order valence-electron chi connectivity index (χ0n) is 11.8. The summed E-state index contributed by atoms with van der Waals surface area (Å²) in [6.07, 6.45) is 0. The Balaban J connectivity index is 0.00000361. The number of nitrogens with two attached hydrogens (primary N) is 1. The van der Waals surface area contributed by atoms with Crippen molar-refractivity contribution in [1.29, 1.82) is 0 Å². The Hall–Kier alpha value is -1.59. The summed E-state index contributed by atoms with van der Waals surface area (Å²) in [6.45, 7) is 3.92. The lowest BCUT2D eigenvalue weighted by Crippen LogP contribution is -2.42. The lowest BCUT2D eigenvalue weighted by atomic mass is 9.98. The minimum atomic E-state index is -0.423. The molecule has 0 aliphatic carbocycles. The van der Waals surface area contributed by atoms with E-state index in [1.165, 1.54) is 0 Å². The molecule has 0 saturated carbocycles. The Kier molecular flexibility index (Phi) is 8.59. The molecule has 1 rings (SSSR count). The molecule has 0 aliphatic rings. The number of hydrogen-bond acceptors (Lipinski definition) is 3. The van der Waals surface area contributed by atoms with Gasteiger partial charge in [-0.15, -0.1) is 12.4 Å². The standard InChI is InChI=1S/C14H21N3O2.ClH/c1-10(2)17-13(18)9-16-14(19)12(8-15)11-6-4-3-5-7-11;/h3-7,10,12H,8-9,15H2,1-2H3,(H,16,19)(H,17,18);1H. The maximum atomic E-state index is 12.0. The number of carbonyl (C=O) groups is 2. The van der Waals surface area contributed by atoms with Gasteiger partial charge in [0.25, 0.3) is 0 Å². The fourth-order valence-electron chi connectivity index (χ4n) is 1.74. The second-order valence-electron chi connectivity index (χ2n) is 4.64. The Labute approximate surface area is 125 Å². The largest absolute Gasteiger partial charge is 0.352 e. The van der Waals surface area contributed by atoms with Gasteiger partial charge >= 0.3 is 0 Å². The average Bonchev–Trinajstić information content (AvgIpc) is 2.38. The van der Waals surface area contributed by atoms with E-state index in [2.05, 4.69) is 10.6 Å². The molecule has 0 bridgehead atoms. The van der Waals surface area contributed by atoms with E-state index in [0.29, 0.717) is 0 Å². The topological polar surface area (TPSA) is 84.2 Å². The second-order valence-corrected chi connectivity index (χ2v) is 4.64. The van der Waals surface area contributed by atoms with E-state index in [4.69, 9.17) is 5.73 Å². The van der Waals surface area contributed by atoms with Gasteiger partial charge in [-0.3, -0.25) is 9.59 Å². The van der Waals surface area contributed by atoms with Gasteiger partial charge in [-0.2, -0.15) is 0 Å². The number of amides is 2. The quantitative estimate of drug-likeness (QED) is 0.726.